The van der Waals surface area contributed by atoms with Crippen LogP contribution in [0.25, 0.3) is 0 Å². The topological polar surface area (TPSA) is 52.6 Å². The summed E-state index contributed by atoms with van der Waals surface area (Å²) in [4.78, 5) is 21.8. The second-order valence-electron chi connectivity index (χ2n) is 5.01. The van der Waals surface area contributed by atoms with Gasteiger partial charge in [0.15, 0.2) is 6.61 Å². The molecular formula is C10H20O4Si. The summed E-state index contributed by atoms with van der Waals surface area (Å²) in [6, 6.07) is 0. The highest BCUT2D eigenvalue weighted by atomic mass is 28.4. The van der Waals surface area contributed by atoms with Gasteiger partial charge in [0.2, 0.25) is 0 Å². The monoisotopic (exact) mass is 232 g/mol. The zero-order valence-corrected chi connectivity index (χ0v) is 11.3. The summed E-state index contributed by atoms with van der Waals surface area (Å²) < 4.78 is 9.95. The second kappa shape index (κ2) is 4.79. The largest absolute Gasteiger partial charge is 0.517 e. The number of carbonyl (C=O) groups is 2. The van der Waals surface area contributed by atoms with Crippen LogP contribution < -0.4 is 0 Å². The number of esters is 1. The van der Waals surface area contributed by atoms with Gasteiger partial charge in [-0.25, -0.2) is 4.79 Å². The second-order valence-corrected chi connectivity index (χ2v) is 9.74. The van der Waals surface area contributed by atoms with E-state index in [4.69, 9.17) is 4.43 Å². The van der Waals surface area contributed by atoms with Gasteiger partial charge in [-0.1, -0.05) is 20.8 Å². The van der Waals surface area contributed by atoms with Crippen molar-refractivity contribution < 1.29 is 18.8 Å². The minimum atomic E-state index is -2.08. The zero-order chi connectivity index (χ0) is 12.3. The van der Waals surface area contributed by atoms with Crippen LogP contribution in [0, 0.1) is 0 Å². The molecule has 0 atom stereocenters. The van der Waals surface area contributed by atoms with Gasteiger partial charge in [0.05, 0.1) is 0 Å². The number of hydrogen-bond donors (Lipinski definition) is 0. The van der Waals surface area contributed by atoms with Crippen LogP contribution in [0.5, 0.6) is 0 Å². The lowest BCUT2D eigenvalue weighted by Gasteiger charge is -2.35. The molecule has 15 heavy (non-hydrogen) atoms. The van der Waals surface area contributed by atoms with E-state index < -0.39 is 20.3 Å². The van der Waals surface area contributed by atoms with Crippen molar-refractivity contribution in [2.24, 2.45) is 0 Å². The van der Waals surface area contributed by atoms with Gasteiger partial charge in [0, 0.05) is 6.92 Å². The molecule has 0 heterocycles. The van der Waals surface area contributed by atoms with Crippen molar-refractivity contribution in [1.82, 2.24) is 0 Å². The maximum absolute atomic E-state index is 11.3. The summed E-state index contributed by atoms with van der Waals surface area (Å²) >= 11 is 0. The SMILES string of the molecule is CC(=O)OCC(=O)O[Si](C)(C)C(C)(C)C. The molecule has 0 saturated heterocycles. The van der Waals surface area contributed by atoms with E-state index in [-0.39, 0.29) is 11.6 Å². The lowest BCUT2D eigenvalue weighted by molar-refractivity contribution is -0.152. The summed E-state index contributed by atoms with van der Waals surface area (Å²) in [5.41, 5.74) is 0. The van der Waals surface area contributed by atoms with Crippen LogP contribution in [-0.4, -0.2) is 26.9 Å². The quantitative estimate of drug-likeness (QED) is 0.552. The first-order valence-corrected chi connectivity index (χ1v) is 7.82. The third kappa shape index (κ3) is 4.97. The number of hydrogen-bond acceptors (Lipinski definition) is 4. The first-order valence-electron chi connectivity index (χ1n) is 4.91. The van der Waals surface area contributed by atoms with E-state index in [9.17, 15) is 9.59 Å². The maximum atomic E-state index is 11.3. The maximum Gasteiger partial charge on any atom is 0.331 e. The Balaban J connectivity index is 4.23. The first kappa shape index (κ1) is 14.2. The third-order valence-corrected chi connectivity index (χ3v) is 6.92. The predicted octanol–water partition coefficient (Wildman–Crippen LogP) is 2.10. The lowest BCUT2D eigenvalue weighted by atomic mass is 10.2. The summed E-state index contributed by atoms with van der Waals surface area (Å²) in [5, 5.41) is -0.0289. The van der Waals surface area contributed by atoms with E-state index in [1.54, 1.807) is 0 Å². The van der Waals surface area contributed by atoms with E-state index in [1.807, 2.05) is 33.9 Å². The average molecular weight is 232 g/mol. The first-order chi connectivity index (χ1) is 6.56. The number of carbonyl (C=O) groups excluding carboxylic acids is 2. The smallest absolute Gasteiger partial charge is 0.331 e. The molecule has 0 bridgehead atoms. The average Bonchev–Trinajstić information content (AvgIpc) is 1.97. The fourth-order valence-corrected chi connectivity index (χ4v) is 1.56. The van der Waals surface area contributed by atoms with E-state index in [0.717, 1.165) is 0 Å². The molecule has 0 aliphatic rings. The molecular weight excluding hydrogens is 212 g/mol. The predicted molar refractivity (Wildman–Crippen MR) is 59.9 cm³/mol. The van der Waals surface area contributed by atoms with Gasteiger partial charge < -0.3 is 9.16 Å². The Morgan fingerprint density at radius 1 is 1.20 bits per heavy atom. The van der Waals surface area contributed by atoms with Crippen LogP contribution in [0.4, 0.5) is 0 Å². The fourth-order valence-electron chi connectivity index (χ4n) is 0.628. The number of ether oxygens (including phenoxy) is 1. The minimum absolute atomic E-state index is 0.0289. The zero-order valence-electron chi connectivity index (χ0n) is 10.3. The molecule has 0 aromatic rings. The molecule has 0 saturated carbocycles. The van der Waals surface area contributed by atoms with E-state index in [2.05, 4.69) is 4.74 Å². The molecule has 0 radical (unpaired) electrons. The lowest BCUT2D eigenvalue weighted by Crippen LogP contribution is -2.43. The van der Waals surface area contributed by atoms with Gasteiger partial charge in [0.25, 0.3) is 8.32 Å². The summed E-state index contributed by atoms with van der Waals surface area (Å²) in [6.07, 6.45) is 0. The molecule has 0 aromatic heterocycles. The van der Waals surface area contributed by atoms with Crippen LogP contribution in [0.1, 0.15) is 27.7 Å². The molecule has 0 unspecified atom stereocenters. The van der Waals surface area contributed by atoms with Crippen LogP contribution in [-0.2, 0) is 18.8 Å². The Hall–Kier alpha value is -0.843. The molecule has 0 aliphatic heterocycles. The molecule has 0 spiro atoms. The van der Waals surface area contributed by atoms with Crippen LogP contribution in [0.15, 0.2) is 0 Å². The Morgan fingerprint density at radius 3 is 2.00 bits per heavy atom. The molecule has 0 fully saturated rings. The van der Waals surface area contributed by atoms with Gasteiger partial charge in [-0.05, 0) is 18.1 Å². The fraction of sp³-hybridized carbons (Fsp3) is 0.800. The standard InChI is InChI=1S/C10H20O4Si/c1-8(11)13-7-9(12)14-15(5,6)10(2,3)4/h7H2,1-6H3. The normalized spacial score (nSPS) is 12.1. The molecule has 88 valence electrons. The highest BCUT2D eigenvalue weighted by molar-refractivity contribution is 6.75. The Morgan fingerprint density at radius 2 is 1.67 bits per heavy atom. The van der Waals surface area contributed by atoms with Crippen LogP contribution in [0.2, 0.25) is 18.1 Å². The van der Waals surface area contributed by atoms with Crippen molar-refractivity contribution in [3.8, 4) is 0 Å². The Bertz CT molecular complexity index is 253. The highest BCUT2D eigenvalue weighted by Gasteiger charge is 2.40. The van der Waals surface area contributed by atoms with Crippen molar-refractivity contribution in [3.05, 3.63) is 0 Å². The van der Waals surface area contributed by atoms with Crippen molar-refractivity contribution in [2.75, 3.05) is 6.61 Å². The van der Waals surface area contributed by atoms with Crippen molar-refractivity contribution in [2.45, 2.75) is 45.8 Å². The molecule has 0 rings (SSSR count). The van der Waals surface area contributed by atoms with Crippen LogP contribution in [0.3, 0.4) is 0 Å². The van der Waals surface area contributed by atoms with Crippen LogP contribution >= 0.6 is 0 Å². The Labute approximate surface area is 92.1 Å². The van der Waals surface area contributed by atoms with Gasteiger partial charge in [0.1, 0.15) is 0 Å². The van der Waals surface area contributed by atoms with Gasteiger partial charge >= 0.3 is 11.9 Å². The van der Waals surface area contributed by atoms with E-state index >= 15 is 0 Å². The van der Waals surface area contributed by atoms with E-state index in [1.165, 1.54) is 6.92 Å². The minimum Gasteiger partial charge on any atom is -0.517 e. The van der Waals surface area contributed by atoms with Crippen molar-refractivity contribution in [3.63, 3.8) is 0 Å². The van der Waals surface area contributed by atoms with Crippen molar-refractivity contribution >= 4 is 20.3 Å². The summed E-state index contributed by atoms with van der Waals surface area (Å²) in [7, 11) is -2.08. The highest BCUT2D eigenvalue weighted by Crippen LogP contribution is 2.36. The molecule has 4 nitrogen and oxygen atoms in total. The van der Waals surface area contributed by atoms with Gasteiger partial charge in [-0.2, -0.15) is 0 Å². The number of rotatable bonds is 3. The van der Waals surface area contributed by atoms with Gasteiger partial charge in [-0.15, -0.1) is 0 Å². The molecule has 0 aromatic carbocycles. The molecule has 0 amide bonds. The molecule has 0 aliphatic carbocycles. The third-order valence-electron chi connectivity index (χ3n) is 2.57. The molecule has 0 N–H and O–H groups in total. The summed E-state index contributed by atoms with van der Waals surface area (Å²) in [5.74, 6) is -0.932. The van der Waals surface area contributed by atoms with Crippen molar-refractivity contribution in [1.29, 1.82) is 0 Å². The Kier molecular flexibility index (Phi) is 4.52. The summed E-state index contributed by atoms with van der Waals surface area (Å²) in [6.45, 7) is 11.0. The van der Waals surface area contributed by atoms with Gasteiger partial charge in [-0.3, -0.25) is 4.79 Å². The molecule has 5 heteroatoms. The van der Waals surface area contributed by atoms with E-state index in [0.29, 0.717) is 0 Å².